The molecule has 1 atom stereocenters. The summed E-state index contributed by atoms with van der Waals surface area (Å²) in [6, 6.07) is 4.34. The number of aliphatic hydroxyl groups excluding tert-OH is 1. The van der Waals surface area contributed by atoms with Gasteiger partial charge in [-0.3, -0.25) is 14.5 Å². The molecular weight excluding hydrogens is 463 g/mol. The van der Waals surface area contributed by atoms with Gasteiger partial charge in [-0.15, -0.1) is 0 Å². The Morgan fingerprint density at radius 1 is 1.09 bits per heavy atom. The van der Waals surface area contributed by atoms with Crippen LogP contribution in [0.15, 0.2) is 12.1 Å². The van der Waals surface area contributed by atoms with E-state index in [9.17, 15) is 14.7 Å². The first-order valence-corrected chi connectivity index (χ1v) is 12.6. The molecule has 0 aromatic heterocycles. The second-order valence-electron chi connectivity index (χ2n) is 10.5. The Balaban J connectivity index is 1.29. The normalized spacial score (nSPS) is 22.8. The van der Waals surface area contributed by atoms with Gasteiger partial charge in [0.25, 0.3) is 11.8 Å². The number of hydrogen-bond acceptors (Lipinski definition) is 5. The Kier molecular flexibility index (Phi) is 7.16. The predicted molar refractivity (Wildman–Crippen MR) is 131 cm³/mol. The monoisotopic (exact) mass is 496 g/mol. The molecule has 3 saturated heterocycles. The van der Waals surface area contributed by atoms with Gasteiger partial charge >= 0.3 is 0 Å². The average Bonchev–Trinajstić information content (AvgIpc) is 3.09. The molecule has 0 aliphatic carbocycles. The van der Waals surface area contributed by atoms with Crippen molar-refractivity contribution in [3.8, 4) is 0 Å². The van der Waals surface area contributed by atoms with E-state index in [4.69, 9.17) is 23.2 Å². The van der Waals surface area contributed by atoms with Gasteiger partial charge < -0.3 is 20.2 Å². The van der Waals surface area contributed by atoms with E-state index < -0.39 is 6.10 Å². The number of aliphatic hydroxyl groups is 1. The van der Waals surface area contributed by atoms with Crippen molar-refractivity contribution >= 4 is 40.7 Å². The van der Waals surface area contributed by atoms with Crippen LogP contribution in [0, 0.1) is 5.41 Å². The number of rotatable bonds is 5. The molecule has 7 nitrogen and oxygen atoms in total. The Hall–Kier alpha value is -1.54. The third kappa shape index (κ3) is 5.42. The summed E-state index contributed by atoms with van der Waals surface area (Å²) in [6.45, 7) is 10.5. The molecule has 2 N–H and O–H groups in total. The number of piperidine rings is 1. The van der Waals surface area contributed by atoms with Crippen molar-refractivity contribution in [2.45, 2.75) is 58.2 Å². The minimum Gasteiger partial charge on any atom is -0.384 e. The molecule has 0 saturated carbocycles. The molecule has 3 aliphatic heterocycles. The van der Waals surface area contributed by atoms with Crippen LogP contribution in [0.4, 0.5) is 5.69 Å². The van der Waals surface area contributed by atoms with E-state index >= 15 is 0 Å². The van der Waals surface area contributed by atoms with Crippen LogP contribution < -0.4 is 5.32 Å². The molecule has 4 rings (SSSR count). The van der Waals surface area contributed by atoms with Crippen molar-refractivity contribution in [1.82, 2.24) is 14.7 Å². The fourth-order valence-corrected chi connectivity index (χ4v) is 5.81. The smallest absolute Gasteiger partial charge is 0.256 e. The zero-order valence-electron chi connectivity index (χ0n) is 19.6. The summed E-state index contributed by atoms with van der Waals surface area (Å²) in [5, 5.41) is 13.7. The quantitative estimate of drug-likeness (QED) is 0.653. The zero-order valence-corrected chi connectivity index (χ0v) is 21.1. The van der Waals surface area contributed by atoms with Gasteiger partial charge in [0.15, 0.2) is 0 Å². The van der Waals surface area contributed by atoms with Crippen LogP contribution in [0.2, 0.25) is 10.0 Å². The minimum absolute atomic E-state index is 0.0997. The minimum atomic E-state index is -0.929. The van der Waals surface area contributed by atoms with Crippen molar-refractivity contribution in [3.63, 3.8) is 0 Å². The maximum Gasteiger partial charge on any atom is 0.256 e. The molecule has 0 radical (unpaired) electrons. The third-order valence-corrected chi connectivity index (χ3v) is 7.75. The van der Waals surface area contributed by atoms with Crippen LogP contribution in [-0.4, -0.2) is 89.1 Å². The van der Waals surface area contributed by atoms with Gasteiger partial charge in [0.2, 0.25) is 0 Å². The highest BCUT2D eigenvalue weighted by molar-refractivity contribution is 6.40. The SMILES string of the molecule is CC(O)C(=O)N1CCC(N2CC(Nc3cc(Cl)c(C(=O)N4CCC(C)(C)C4)c(Cl)c3)C2)CC1. The molecule has 1 aromatic carbocycles. The largest absolute Gasteiger partial charge is 0.384 e. The molecule has 1 unspecified atom stereocenters. The summed E-state index contributed by atoms with van der Waals surface area (Å²) in [7, 11) is 0. The summed E-state index contributed by atoms with van der Waals surface area (Å²) in [5.41, 5.74) is 1.33. The lowest BCUT2D eigenvalue weighted by atomic mass is 9.93. The van der Waals surface area contributed by atoms with Crippen molar-refractivity contribution in [2.24, 2.45) is 5.41 Å². The molecule has 3 fully saturated rings. The molecule has 3 aliphatic rings. The topological polar surface area (TPSA) is 76.1 Å². The van der Waals surface area contributed by atoms with Gasteiger partial charge in [-0.25, -0.2) is 0 Å². The average molecular weight is 497 g/mol. The lowest BCUT2D eigenvalue weighted by Gasteiger charge is -2.47. The van der Waals surface area contributed by atoms with Crippen LogP contribution in [0.3, 0.4) is 0 Å². The standard InChI is InChI=1S/C24H34Cl2N4O3/c1-15(31)22(32)28-7-4-18(5-8-28)30-12-17(13-30)27-16-10-19(25)21(20(26)11-16)23(33)29-9-6-24(2,3)14-29/h10-11,15,17-18,27,31H,4-9,12-14H2,1-3H3. The van der Waals surface area contributed by atoms with Gasteiger partial charge in [0.1, 0.15) is 6.10 Å². The summed E-state index contributed by atoms with van der Waals surface area (Å²) in [4.78, 5) is 31.0. The molecule has 182 valence electrons. The van der Waals surface area contributed by atoms with E-state index in [1.54, 1.807) is 17.0 Å². The lowest BCUT2D eigenvalue weighted by molar-refractivity contribution is -0.141. The molecule has 0 spiro atoms. The summed E-state index contributed by atoms with van der Waals surface area (Å²) >= 11 is 13.0. The first kappa shape index (κ1) is 24.6. The number of nitrogens with one attached hydrogen (secondary N) is 1. The number of carbonyl (C=O) groups excluding carboxylic acids is 2. The van der Waals surface area contributed by atoms with Crippen LogP contribution in [0.5, 0.6) is 0 Å². The molecule has 0 bridgehead atoms. The number of halogens is 2. The molecule has 2 amide bonds. The van der Waals surface area contributed by atoms with Crippen LogP contribution in [-0.2, 0) is 4.79 Å². The van der Waals surface area contributed by atoms with Crippen molar-refractivity contribution in [2.75, 3.05) is 44.6 Å². The first-order valence-electron chi connectivity index (χ1n) is 11.8. The number of nitrogens with zero attached hydrogens (tertiary/aromatic N) is 3. The summed E-state index contributed by atoms with van der Waals surface area (Å²) < 4.78 is 0. The van der Waals surface area contributed by atoms with Crippen molar-refractivity contribution in [1.29, 1.82) is 0 Å². The van der Waals surface area contributed by atoms with E-state index in [0.717, 1.165) is 44.6 Å². The molecule has 1 aromatic rings. The third-order valence-electron chi connectivity index (χ3n) is 7.15. The van der Waals surface area contributed by atoms with Crippen LogP contribution >= 0.6 is 23.2 Å². The van der Waals surface area contributed by atoms with E-state index in [0.29, 0.717) is 41.3 Å². The van der Waals surface area contributed by atoms with E-state index in [-0.39, 0.29) is 23.3 Å². The van der Waals surface area contributed by atoms with Crippen LogP contribution in [0.1, 0.15) is 50.4 Å². The van der Waals surface area contributed by atoms with Crippen molar-refractivity contribution < 1.29 is 14.7 Å². The fourth-order valence-electron chi connectivity index (χ4n) is 5.16. The van der Waals surface area contributed by atoms with Gasteiger partial charge in [0.05, 0.1) is 21.7 Å². The highest BCUT2D eigenvalue weighted by Crippen LogP contribution is 2.35. The van der Waals surface area contributed by atoms with Gasteiger partial charge in [-0.05, 0) is 43.7 Å². The number of amides is 2. The fraction of sp³-hybridized carbons (Fsp3) is 0.667. The number of likely N-dealkylation sites (tertiary alicyclic amines) is 3. The van der Waals surface area contributed by atoms with Gasteiger partial charge in [0, 0.05) is 51.0 Å². The van der Waals surface area contributed by atoms with E-state index in [1.807, 2.05) is 4.90 Å². The summed E-state index contributed by atoms with van der Waals surface area (Å²) in [6.07, 6.45) is 1.89. The maximum atomic E-state index is 13.0. The molecule has 9 heteroatoms. The van der Waals surface area contributed by atoms with Gasteiger partial charge in [-0.1, -0.05) is 37.0 Å². The van der Waals surface area contributed by atoms with Crippen molar-refractivity contribution in [3.05, 3.63) is 27.7 Å². The lowest BCUT2D eigenvalue weighted by Crippen LogP contribution is -2.60. The number of carbonyl (C=O) groups is 2. The molecule has 33 heavy (non-hydrogen) atoms. The molecule has 3 heterocycles. The second kappa shape index (κ2) is 9.61. The maximum absolute atomic E-state index is 13.0. The number of hydrogen-bond donors (Lipinski definition) is 2. The number of anilines is 1. The Bertz CT molecular complexity index is 886. The Morgan fingerprint density at radius 3 is 2.21 bits per heavy atom. The zero-order chi connectivity index (χ0) is 23.9. The summed E-state index contributed by atoms with van der Waals surface area (Å²) in [5.74, 6) is -0.280. The second-order valence-corrected chi connectivity index (χ2v) is 11.3. The van der Waals surface area contributed by atoms with Gasteiger partial charge in [-0.2, -0.15) is 0 Å². The van der Waals surface area contributed by atoms with E-state index in [1.165, 1.54) is 6.92 Å². The molecular formula is C24H34Cl2N4O3. The predicted octanol–water partition coefficient (Wildman–Crippen LogP) is 3.33. The van der Waals surface area contributed by atoms with Crippen LogP contribution in [0.25, 0.3) is 0 Å². The Morgan fingerprint density at radius 2 is 1.70 bits per heavy atom. The Labute approximate surface area is 206 Å². The van der Waals surface area contributed by atoms with E-state index in [2.05, 4.69) is 24.1 Å². The highest BCUT2D eigenvalue weighted by Gasteiger charge is 2.36. The highest BCUT2D eigenvalue weighted by atomic mass is 35.5. The number of benzene rings is 1. The first-order chi connectivity index (χ1) is 15.5.